The van der Waals surface area contributed by atoms with Crippen molar-refractivity contribution < 1.29 is 31.5 Å². The topological polar surface area (TPSA) is 98.3 Å². The third-order valence-corrected chi connectivity index (χ3v) is 7.29. The van der Waals surface area contributed by atoms with E-state index in [1.807, 2.05) is 39.0 Å². The van der Waals surface area contributed by atoms with E-state index in [1.165, 1.54) is 17.0 Å². The van der Waals surface area contributed by atoms with Crippen molar-refractivity contribution >= 4 is 17.5 Å². The van der Waals surface area contributed by atoms with Crippen LogP contribution in [0.5, 0.6) is 5.75 Å². The zero-order valence-corrected chi connectivity index (χ0v) is 24.5. The van der Waals surface area contributed by atoms with Gasteiger partial charge in [0.15, 0.2) is 11.6 Å². The van der Waals surface area contributed by atoms with Gasteiger partial charge in [0, 0.05) is 36.8 Å². The molecule has 0 atom stereocenters. The van der Waals surface area contributed by atoms with Crippen LogP contribution in [0.25, 0.3) is 16.9 Å². The number of para-hydroxylation sites is 1. The highest BCUT2D eigenvalue weighted by Crippen LogP contribution is 2.40. The Morgan fingerprint density at radius 3 is 2.52 bits per heavy atom. The number of halogens is 5. The summed E-state index contributed by atoms with van der Waals surface area (Å²) in [6, 6.07) is 7.78. The van der Waals surface area contributed by atoms with Gasteiger partial charge in [0.25, 0.3) is 0 Å². The van der Waals surface area contributed by atoms with Crippen molar-refractivity contribution in [2.45, 2.75) is 46.8 Å². The number of alkyl halides is 3. The first-order chi connectivity index (χ1) is 20.7. The second-order valence-corrected chi connectivity index (χ2v) is 11.1. The van der Waals surface area contributed by atoms with E-state index < -0.39 is 29.4 Å². The maximum Gasteiger partial charge on any atom is 0.417 e. The molecule has 2 aromatic heterocycles. The Morgan fingerprint density at radius 2 is 1.86 bits per heavy atom. The SMILES string of the molecule is Cc1cc(NC(N)=O)c(F)cc1-c1c2c(nn1-c1c(C)cccc1OCC(C)C)CCN(c1ncc(C(F)(F)F)cc1F)C2. The highest BCUT2D eigenvalue weighted by molar-refractivity contribution is 5.89. The number of hydrogen-bond acceptors (Lipinski definition) is 5. The molecule has 1 aliphatic heterocycles. The molecule has 1 aliphatic rings. The molecule has 44 heavy (non-hydrogen) atoms. The lowest BCUT2D eigenvalue weighted by atomic mass is 9.96. The second kappa shape index (κ2) is 11.8. The predicted octanol–water partition coefficient (Wildman–Crippen LogP) is 6.94. The maximum atomic E-state index is 15.4. The number of nitrogens with one attached hydrogen (secondary N) is 1. The molecule has 13 heteroatoms. The van der Waals surface area contributed by atoms with Crippen molar-refractivity contribution in [1.82, 2.24) is 14.8 Å². The summed E-state index contributed by atoms with van der Waals surface area (Å²) in [6.07, 6.45) is -3.82. The monoisotopic (exact) mass is 614 g/mol. The van der Waals surface area contributed by atoms with Gasteiger partial charge in [0.1, 0.15) is 17.3 Å². The molecule has 0 unspecified atom stereocenters. The summed E-state index contributed by atoms with van der Waals surface area (Å²) in [7, 11) is 0. The van der Waals surface area contributed by atoms with Crippen molar-refractivity contribution in [3.8, 4) is 22.7 Å². The fraction of sp³-hybridized carbons (Fsp3) is 0.323. The van der Waals surface area contributed by atoms with E-state index >= 15 is 8.78 Å². The number of ether oxygens (including phenoxy) is 1. The van der Waals surface area contributed by atoms with E-state index in [1.54, 1.807) is 11.6 Å². The van der Waals surface area contributed by atoms with E-state index in [4.69, 9.17) is 15.6 Å². The van der Waals surface area contributed by atoms with Gasteiger partial charge in [-0.1, -0.05) is 26.0 Å². The maximum absolute atomic E-state index is 15.4. The molecule has 8 nitrogen and oxygen atoms in total. The molecule has 0 fully saturated rings. The number of aryl methyl sites for hydroxylation is 2. The van der Waals surface area contributed by atoms with Gasteiger partial charge in [-0.25, -0.2) is 23.2 Å². The van der Waals surface area contributed by atoms with Gasteiger partial charge in [-0.2, -0.15) is 18.3 Å². The van der Waals surface area contributed by atoms with Crippen molar-refractivity contribution in [2.24, 2.45) is 11.7 Å². The van der Waals surface area contributed by atoms with Crippen LogP contribution >= 0.6 is 0 Å². The van der Waals surface area contributed by atoms with Crippen molar-refractivity contribution in [3.05, 3.63) is 82.2 Å². The molecule has 0 bridgehead atoms. The number of primary amides is 1. The van der Waals surface area contributed by atoms with Crippen LogP contribution in [0.2, 0.25) is 0 Å². The molecule has 2 amide bonds. The third-order valence-electron chi connectivity index (χ3n) is 7.29. The minimum atomic E-state index is -4.74. The summed E-state index contributed by atoms with van der Waals surface area (Å²) < 4.78 is 77.7. The molecule has 0 radical (unpaired) electrons. The lowest BCUT2D eigenvalue weighted by Crippen LogP contribution is -2.32. The van der Waals surface area contributed by atoms with Gasteiger partial charge in [0.2, 0.25) is 0 Å². The van der Waals surface area contributed by atoms with E-state index in [0.29, 0.717) is 64.8 Å². The number of hydrogen-bond donors (Lipinski definition) is 2. The number of aromatic nitrogens is 3. The van der Waals surface area contributed by atoms with Crippen molar-refractivity contribution in [1.29, 1.82) is 0 Å². The smallest absolute Gasteiger partial charge is 0.417 e. The fourth-order valence-corrected chi connectivity index (χ4v) is 5.25. The molecule has 0 saturated carbocycles. The molecule has 2 aromatic carbocycles. The van der Waals surface area contributed by atoms with Gasteiger partial charge < -0.3 is 20.7 Å². The average molecular weight is 615 g/mol. The normalized spacial score (nSPS) is 13.3. The van der Waals surface area contributed by atoms with Crippen LogP contribution in [0.4, 0.5) is 38.3 Å². The Bertz CT molecular complexity index is 1730. The number of nitrogens with zero attached hydrogens (tertiary/aromatic N) is 4. The molecule has 0 aliphatic carbocycles. The minimum Gasteiger partial charge on any atom is -0.491 e. The molecule has 0 saturated heterocycles. The van der Waals surface area contributed by atoms with E-state index in [0.717, 1.165) is 5.56 Å². The van der Waals surface area contributed by atoms with Crippen LogP contribution in [-0.2, 0) is 19.1 Å². The number of rotatable bonds is 7. The second-order valence-electron chi connectivity index (χ2n) is 11.1. The van der Waals surface area contributed by atoms with Gasteiger partial charge in [-0.05, 0) is 55.2 Å². The lowest BCUT2D eigenvalue weighted by Gasteiger charge is -2.28. The van der Waals surface area contributed by atoms with Crippen LogP contribution in [0.15, 0.2) is 42.6 Å². The van der Waals surface area contributed by atoms with Gasteiger partial charge in [-0.3, -0.25) is 0 Å². The molecular weight excluding hydrogens is 583 g/mol. The molecule has 4 aromatic rings. The van der Waals surface area contributed by atoms with E-state index in [2.05, 4.69) is 10.3 Å². The number of urea groups is 1. The first-order valence-electron chi connectivity index (χ1n) is 13.9. The van der Waals surface area contributed by atoms with Crippen LogP contribution < -0.4 is 20.7 Å². The first kappa shape index (κ1) is 30.8. The highest BCUT2D eigenvalue weighted by atomic mass is 19.4. The number of carbonyl (C=O) groups excluding carboxylic acids is 1. The van der Waals surface area contributed by atoms with Crippen molar-refractivity contribution in [3.63, 3.8) is 0 Å². The van der Waals surface area contributed by atoms with Gasteiger partial charge >= 0.3 is 12.2 Å². The average Bonchev–Trinajstić information content (AvgIpc) is 3.30. The largest absolute Gasteiger partial charge is 0.491 e. The molecular formula is C31H31F5N6O2. The Hall–Kier alpha value is -4.68. The third kappa shape index (κ3) is 6.03. The number of fused-ring (bicyclic) bond motifs is 1. The zero-order valence-electron chi connectivity index (χ0n) is 24.5. The van der Waals surface area contributed by atoms with E-state index in [-0.39, 0.29) is 30.5 Å². The summed E-state index contributed by atoms with van der Waals surface area (Å²) in [5, 5.41) is 7.19. The van der Waals surface area contributed by atoms with Crippen LogP contribution in [-0.4, -0.2) is 33.9 Å². The summed E-state index contributed by atoms with van der Waals surface area (Å²) in [5.41, 5.74) is 8.15. The summed E-state index contributed by atoms with van der Waals surface area (Å²) in [6.45, 7) is 8.36. The quantitative estimate of drug-likeness (QED) is 0.220. The highest BCUT2D eigenvalue weighted by Gasteiger charge is 2.34. The van der Waals surface area contributed by atoms with Crippen LogP contribution in [0, 0.1) is 31.4 Å². The minimum absolute atomic E-state index is 0.0381. The Morgan fingerprint density at radius 1 is 1.11 bits per heavy atom. The lowest BCUT2D eigenvalue weighted by molar-refractivity contribution is -0.138. The standard InChI is InChI=1S/C31H31F5N6O2/c1-16(2)15-44-26-7-5-6-17(3)27(26)42-28(20-12-22(32)25(10-18(20)4)39-30(37)43)21-14-41(9-8-24(21)40-42)29-23(33)11-19(13-38-29)31(34,35)36/h5-7,10-13,16H,8-9,14-15H2,1-4H3,(H3,37,39,43). The number of benzene rings is 2. The predicted molar refractivity (Wildman–Crippen MR) is 156 cm³/mol. The number of anilines is 2. The van der Waals surface area contributed by atoms with Gasteiger partial charge in [-0.15, -0.1) is 0 Å². The summed E-state index contributed by atoms with van der Waals surface area (Å²) >= 11 is 0. The molecule has 5 rings (SSSR count). The van der Waals surface area contributed by atoms with Crippen LogP contribution in [0.1, 0.15) is 41.8 Å². The number of carbonyl (C=O) groups is 1. The number of pyridine rings is 1. The summed E-state index contributed by atoms with van der Waals surface area (Å²) in [4.78, 5) is 16.8. The number of nitrogens with two attached hydrogens (primary N) is 1. The summed E-state index contributed by atoms with van der Waals surface area (Å²) in [5.74, 6) is -1.30. The molecule has 0 spiro atoms. The molecule has 3 N–H and O–H groups in total. The van der Waals surface area contributed by atoms with E-state index in [9.17, 15) is 18.0 Å². The Labute approximate surface area is 250 Å². The molecule has 232 valence electrons. The van der Waals surface area contributed by atoms with Crippen LogP contribution in [0.3, 0.4) is 0 Å². The fourth-order valence-electron chi connectivity index (χ4n) is 5.25. The Balaban J connectivity index is 1.69. The van der Waals surface area contributed by atoms with Gasteiger partial charge in [0.05, 0.1) is 29.2 Å². The van der Waals surface area contributed by atoms with Crippen molar-refractivity contribution in [2.75, 3.05) is 23.4 Å². The number of amides is 2. The molecule has 3 heterocycles. The first-order valence-corrected chi connectivity index (χ1v) is 13.9. The zero-order chi connectivity index (χ0) is 31.9. The Kier molecular flexibility index (Phi) is 8.23.